The average molecular weight is 410 g/mol. The Kier molecular flexibility index (Phi) is 5.77. The number of phenols is 1. The van der Waals surface area contributed by atoms with E-state index in [1.54, 1.807) is 12.1 Å². The number of nitrogens with zero attached hydrogens (tertiary/aromatic N) is 2. The van der Waals surface area contributed by atoms with E-state index in [-0.39, 0.29) is 11.3 Å². The van der Waals surface area contributed by atoms with Crippen molar-refractivity contribution in [1.29, 1.82) is 0 Å². The molecule has 3 rings (SSSR count). The number of imide groups is 1. The van der Waals surface area contributed by atoms with Crippen LogP contribution in [-0.4, -0.2) is 39.3 Å². The van der Waals surface area contributed by atoms with Crippen molar-refractivity contribution in [3.05, 3.63) is 69.4 Å². The van der Waals surface area contributed by atoms with Crippen LogP contribution in [0.3, 0.4) is 0 Å². The number of urea groups is 1. The van der Waals surface area contributed by atoms with Gasteiger partial charge in [0.1, 0.15) is 12.2 Å². The van der Waals surface area contributed by atoms with Gasteiger partial charge in [0.05, 0.1) is 4.92 Å². The van der Waals surface area contributed by atoms with Crippen LogP contribution in [0.4, 0.5) is 16.2 Å². The Labute approximate surface area is 171 Å². The molecular formula is C20H18N4O6. The number of aromatic hydroxyl groups is 1. The summed E-state index contributed by atoms with van der Waals surface area (Å²) in [6, 6.07) is 10.2. The number of nitrogens with one attached hydrogen (secondary N) is 2. The maximum absolute atomic E-state index is 12.5. The molecule has 10 heteroatoms. The molecule has 1 heterocycles. The first-order valence-electron chi connectivity index (χ1n) is 9.00. The third-order valence-corrected chi connectivity index (χ3v) is 4.48. The molecule has 1 aliphatic heterocycles. The number of rotatable bonds is 6. The maximum Gasteiger partial charge on any atom is 0.329 e. The van der Waals surface area contributed by atoms with Crippen molar-refractivity contribution in [2.24, 2.45) is 0 Å². The molecule has 30 heavy (non-hydrogen) atoms. The second-order valence-electron chi connectivity index (χ2n) is 6.41. The Morgan fingerprint density at radius 1 is 1.23 bits per heavy atom. The molecule has 0 bridgehead atoms. The van der Waals surface area contributed by atoms with Gasteiger partial charge in [-0.2, -0.15) is 0 Å². The number of aryl methyl sites for hydroxylation is 1. The molecule has 10 nitrogen and oxygen atoms in total. The highest BCUT2D eigenvalue weighted by atomic mass is 16.6. The highest BCUT2D eigenvalue weighted by molar-refractivity contribution is 6.16. The molecule has 1 saturated heterocycles. The summed E-state index contributed by atoms with van der Waals surface area (Å²) in [5, 5.41) is 25.9. The van der Waals surface area contributed by atoms with Gasteiger partial charge in [-0.1, -0.05) is 37.3 Å². The van der Waals surface area contributed by atoms with E-state index < -0.39 is 40.8 Å². The minimum absolute atomic E-state index is 0.0176. The van der Waals surface area contributed by atoms with Crippen LogP contribution in [0.15, 0.2) is 48.2 Å². The van der Waals surface area contributed by atoms with Gasteiger partial charge in [0, 0.05) is 17.3 Å². The van der Waals surface area contributed by atoms with E-state index in [0.717, 1.165) is 17.7 Å². The molecule has 1 aliphatic rings. The fourth-order valence-corrected chi connectivity index (χ4v) is 2.97. The number of carbonyl (C=O) groups excluding carboxylic acids is 3. The molecule has 4 amide bonds. The van der Waals surface area contributed by atoms with Gasteiger partial charge in [-0.15, -0.1) is 0 Å². The quantitative estimate of drug-likeness (QED) is 0.289. The summed E-state index contributed by atoms with van der Waals surface area (Å²) in [4.78, 5) is 47.9. The van der Waals surface area contributed by atoms with Crippen LogP contribution < -0.4 is 10.6 Å². The van der Waals surface area contributed by atoms with E-state index in [1.165, 1.54) is 12.1 Å². The third kappa shape index (κ3) is 4.12. The molecular weight excluding hydrogens is 392 g/mol. The molecule has 0 unspecified atom stereocenters. The number of benzene rings is 2. The summed E-state index contributed by atoms with van der Waals surface area (Å²) in [6.07, 6.45) is 1.81. The number of nitro benzene ring substituents is 1. The lowest BCUT2D eigenvalue weighted by atomic mass is 10.1. The zero-order chi connectivity index (χ0) is 21.8. The Morgan fingerprint density at radius 3 is 2.67 bits per heavy atom. The maximum atomic E-state index is 12.5. The van der Waals surface area contributed by atoms with Crippen LogP contribution in [0.1, 0.15) is 18.1 Å². The number of amides is 4. The summed E-state index contributed by atoms with van der Waals surface area (Å²) in [6.45, 7) is 1.42. The van der Waals surface area contributed by atoms with E-state index >= 15 is 0 Å². The van der Waals surface area contributed by atoms with Gasteiger partial charge in [-0.25, -0.2) is 9.69 Å². The largest absolute Gasteiger partial charge is 0.502 e. The van der Waals surface area contributed by atoms with Crippen LogP contribution in [0.2, 0.25) is 0 Å². The summed E-state index contributed by atoms with van der Waals surface area (Å²) < 4.78 is 0. The number of anilines is 1. The van der Waals surface area contributed by atoms with Gasteiger partial charge >= 0.3 is 11.7 Å². The molecule has 3 N–H and O–H groups in total. The number of nitro groups is 1. The first-order chi connectivity index (χ1) is 14.3. The van der Waals surface area contributed by atoms with Crippen LogP contribution in [0.5, 0.6) is 5.75 Å². The first kappa shape index (κ1) is 20.5. The van der Waals surface area contributed by atoms with Gasteiger partial charge in [0.2, 0.25) is 11.7 Å². The zero-order valence-corrected chi connectivity index (χ0v) is 15.9. The van der Waals surface area contributed by atoms with E-state index in [2.05, 4.69) is 10.6 Å². The van der Waals surface area contributed by atoms with E-state index in [9.17, 15) is 29.6 Å². The Balaban J connectivity index is 1.77. The van der Waals surface area contributed by atoms with E-state index in [1.807, 2.05) is 19.1 Å². The summed E-state index contributed by atoms with van der Waals surface area (Å²) >= 11 is 0. The molecule has 0 spiro atoms. The Morgan fingerprint density at radius 2 is 1.97 bits per heavy atom. The molecule has 0 atom stereocenters. The Hall–Kier alpha value is -4.21. The van der Waals surface area contributed by atoms with Gasteiger partial charge < -0.3 is 15.7 Å². The van der Waals surface area contributed by atoms with E-state index in [4.69, 9.17) is 0 Å². The van der Waals surface area contributed by atoms with Crippen molar-refractivity contribution in [3.63, 3.8) is 0 Å². The molecule has 0 radical (unpaired) electrons. The number of carbonyl (C=O) groups is 3. The SMILES string of the molecule is CCc1ccccc1NC(=O)CN1C(=O)N/C(=C/c2cccc([N+](=O)[O-])c2O)C1=O. The predicted octanol–water partition coefficient (Wildman–Crippen LogP) is 2.39. The lowest BCUT2D eigenvalue weighted by Gasteiger charge is -2.13. The first-order valence-corrected chi connectivity index (χ1v) is 9.00. The number of hydrogen-bond acceptors (Lipinski definition) is 6. The average Bonchev–Trinajstić information content (AvgIpc) is 2.97. The minimum Gasteiger partial charge on any atom is -0.502 e. The molecule has 0 aliphatic carbocycles. The van der Waals surface area contributed by atoms with Crippen LogP contribution >= 0.6 is 0 Å². The number of phenolic OH excluding ortho intramolecular Hbond substituents is 1. The number of hydrogen-bond donors (Lipinski definition) is 3. The third-order valence-electron chi connectivity index (χ3n) is 4.48. The van der Waals surface area contributed by atoms with Crippen molar-refractivity contribution in [2.75, 3.05) is 11.9 Å². The molecule has 2 aromatic carbocycles. The molecule has 0 saturated carbocycles. The van der Waals surface area contributed by atoms with Crippen molar-refractivity contribution < 1.29 is 24.4 Å². The van der Waals surface area contributed by atoms with Gasteiger partial charge in [0.25, 0.3) is 5.91 Å². The van der Waals surface area contributed by atoms with Crippen LogP contribution in [0.25, 0.3) is 6.08 Å². The fourth-order valence-electron chi connectivity index (χ4n) is 2.97. The van der Waals surface area contributed by atoms with Crippen molar-refractivity contribution >= 4 is 35.3 Å². The zero-order valence-electron chi connectivity index (χ0n) is 15.9. The Bertz CT molecular complexity index is 1080. The summed E-state index contributed by atoms with van der Waals surface area (Å²) in [5.74, 6) is -1.98. The fraction of sp³-hybridized carbons (Fsp3) is 0.150. The van der Waals surface area contributed by atoms with Crippen molar-refractivity contribution in [1.82, 2.24) is 10.2 Å². The molecule has 2 aromatic rings. The second-order valence-corrected chi connectivity index (χ2v) is 6.41. The normalized spacial score (nSPS) is 14.7. The lowest BCUT2D eigenvalue weighted by Crippen LogP contribution is -2.38. The summed E-state index contributed by atoms with van der Waals surface area (Å²) in [7, 11) is 0. The number of para-hydroxylation sites is 2. The predicted molar refractivity (Wildman–Crippen MR) is 107 cm³/mol. The van der Waals surface area contributed by atoms with E-state index in [0.29, 0.717) is 17.0 Å². The molecule has 1 fully saturated rings. The van der Waals surface area contributed by atoms with Crippen molar-refractivity contribution in [3.8, 4) is 5.75 Å². The standard InChI is InChI=1S/C20H18N4O6/c1-2-12-6-3-4-8-14(12)21-17(25)11-23-19(27)15(22-20(23)28)10-13-7-5-9-16(18(13)26)24(29)30/h3-10,26H,2,11H2,1H3,(H,21,25)(H,22,28)/b15-10+. The van der Waals surface area contributed by atoms with Gasteiger partial charge in [-0.05, 0) is 24.1 Å². The smallest absolute Gasteiger partial charge is 0.329 e. The molecule has 154 valence electrons. The van der Waals surface area contributed by atoms with Crippen LogP contribution in [-0.2, 0) is 16.0 Å². The highest BCUT2D eigenvalue weighted by Crippen LogP contribution is 2.31. The van der Waals surface area contributed by atoms with Gasteiger partial charge in [0.15, 0.2) is 0 Å². The van der Waals surface area contributed by atoms with Crippen LogP contribution in [0, 0.1) is 10.1 Å². The topological polar surface area (TPSA) is 142 Å². The van der Waals surface area contributed by atoms with Crippen molar-refractivity contribution in [2.45, 2.75) is 13.3 Å². The lowest BCUT2D eigenvalue weighted by molar-refractivity contribution is -0.385. The summed E-state index contributed by atoms with van der Waals surface area (Å²) in [5.41, 5.74) is 0.736. The highest BCUT2D eigenvalue weighted by Gasteiger charge is 2.35. The molecule has 0 aromatic heterocycles. The second kappa shape index (κ2) is 8.43. The van der Waals surface area contributed by atoms with Gasteiger partial charge in [-0.3, -0.25) is 19.7 Å². The monoisotopic (exact) mass is 410 g/mol. The minimum atomic E-state index is -0.810.